The quantitative estimate of drug-likeness (QED) is 0.538. The van der Waals surface area contributed by atoms with Crippen LogP contribution < -0.4 is 5.32 Å². The van der Waals surface area contributed by atoms with Crippen LogP contribution in [0.2, 0.25) is 0 Å². The lowest BCUT2D eigenvalue weighted by Crippen LogP contribution is -2.36. The highest BCUT2D eigenvalue weighted by Crippen LogP contribution is 2.14. The van der Waals surface area contributed by atoms with Gasteiger partial charge in [-0.15, -0.1) is 5.10 Å². The molecule has 0 aliphatic carbocycles. The van der Waals surface area contributed by atoms with Crippen LogP contribution in [0.5, 0.6) is 0 Å². The van der Waals surface area contributed by atoms with E-state index in [9.17, 15) is 4.79 Å². The number of hydrogen-bond acceptors (Lipinski definition) is 7. The van der Waals surface area contributed by atoms with Gasteiger partial charge in [-0.3, -0.25) is 4.79 Å². The molecule has 8 heteroatoms. The molecule has 1 N–H and O–H groups in total. The topological polar surface area (TPSA) is 81.9 Å². The zero-order valence-corrected chi connectivity index (χ0v) is 11.0. The second kappa shape index (κ2) is 7.23. The molecule has 1 atom stereocenters. The maximum atomic E-state index is 11.5. The molecular formula is C9H17N5O2S. The first-order chi connectivity index (χ1) is 8.19. The molecule has 7 nitrogen and oxygen atoms in total. The number of rotatable bonds is 7. The van der Waals surface area contributed by atoms with Gasteiger partial charge in [0, 0.05) is 12.8 Å². The third-order valence-corrected chi connectivity index (χ3v) is 3.18. The minimum atomic E-state index is -0.274. The Bertz CT molecular complexity index is 357. The summed E-state index contributed by atoms with van der Waals surface area (Å²) < 4.78 is 6.55. The number of hydrogen-bond donors (Lipinski definition) is 1. The SMILES string of the molecule is CCOC(=O)C(CCSc1nnnn1C)NC. The number of aromatic nitrogens is 4. The Labute approximate surface area is 104 Å². The predicted octanol–water partition coefficient (Wildman–Crippen LogP) is -0.157. The lowest BCUT2D eigenvalue weighted by atomic mass is 10.2. The summed E-state index contributed by atoms with van der Waals surface area (Å²) in [4.78, 5) is 11.5. The summed E-state index contributed by atoms with van der Waals surface area (Å²) in [5.74, 6) is 0.533. The molecule has 0 saturated carbocycles. The highest BCUT2D eigenvalue weighted by atomic mass is 32.2. The predicted molar refractivity (Wildman–Crippen MR) is 63.6 cm³/mol. The van der Waals surface area contributed by atoms with E-state index < -0.39 is 0 Å². The molecule has 0 bridgehead atoms. The Hall–Kier alpha value is -1.15. The molecule has 0 aliphatic heterocycles. The zero-order chi connectivity index (χ0) is 12.7. The van der Waals surface area contributed by atoms with E-state index >= 15 is 0 Å². The van der Waals surface area contributed by atoms with Gasteiger partial charge in [0.05, 0.1) is 6.61 Å². The highest BCUT2D eigenvalue weighted by Gasteiger charge is 2.17. The Morgan fingerprint density at radius 1 is 1.65 bits per heavy atom. The van der Waals surface area contributed by atoms with Gasteiger partial charge >= 0.3 is 5.97 Å². The number of aryl methyl sites for hydroxylation is 1. The molecule has 0 amide bonds. The van der Waals surface area contributed by atoms with Crippen molar-refractivity contribution < 1.29 is 9.53 Å². The zero-order valence-electron chi connectivity index (χ0n) is 10.2. The summed E-state index contributed by atoms with van der Waals surface area (Å²) >= 11 is 1.51. The number of tetrazole rings is 1. The van der Waals surface area contributed by atoms with E-state index in [4.69, 9.17) is 4.74 Å². The summed E-state index contributed by atoms with van der Waals surface area (Å²) in [6.07, 6.45) is 0.673. The number of thioether (sulfide) groups is 1. The molecule has 0 aliphatic rings. The van der Waals surface area contributed by atoms with Crippen molar-refractivity contribution in [3.05, 3.63) is 0 Å². The molecule has 96 valence electrons. The molecule has 0 aromatic carbocycles. The molecule has 1 heterocycles. The summed E-state index contributed by atoms with van der Waals surface area (Å²) in [5.41, 5.74) is 0. The van der Waals surface area contributed by atoms with Crippen molar-refractivity contribution >= 4 is 17.7 Å². The van der Waals surface area contributed by atoms with Crippen molar-refractivity contribution in [2.45, 2.75) is 24.5 Å². The summed E-state index contributed by atoms with van der Waals surface area (Å²) in [5, 5.41) is 14.8. The van der Waals surface area contributed by atoms with Crippen molar-refractivity contribution in [2.75, 3.05) is 19.4 Å². The smallest absolute Gasteiger partial charge is 0.323 e. The number of esters is 1. The Kier molecular flexibility index (Phi) is 5.92. The van der Waals surface area contributed by atoms with Gasteiger partial charge in [-0.2, -0.15) is 0 Å². The fourth-order valence-corrected chi connectivity index (χ4v) is 2.09. The lowest BCUT2D eigenvalue weighted by Gasteiger charge is -2.13. The van der Waals surface area contributed by atoms with Gasteiger partial charge in [0.2, 0.25) is 5.16 Å². The van der Waals surface area contributed by atoms with E-state index in [1.165, 1.54) is 11.8 Å². The van der Waals surface area contributed by atoms with Crippen LogP contribution in [-0.4, -0.2) is 51.6 Å². The normalized spacial score (nSPS) is 12.4. The second-order valence-electron chi connectivity index (χ2n) is 3.32. The summed E-state index contributed by atoms with van der Waals surface area (Å²) in [6, 6.07) is -0.274. The van der Waals surface area contributed by atoms with Gasteiger partial charge in [-0.1, -0.05) is 11.8 Å². The van der Waals surface area contributed by atoms with E-state index in [1.54, 1.807) is 25.7 Å². The Morgan fingerprint density at radius 3 is 2.94 bits per heavy atom. The lowest BCUT2D eigenvalue weighted by molar-refractivity contribution is -0.145. The molecule has 1 aromatic heterocycles. The van der Waals surface area contributed by atoms with Crippen molar-refractivity contribution in [3.63, 3.8) is 0 Å². The van der Waals surface area contributed by atoms with E-state index in [1.807, 2.05) is 0 Å². The fourth-order valence-electron chi connectivity index (χ4n) is 1.23. The Balaban J connectivity index is 2.33. The van der Waals surface area contributed by atoms with Crippen molar-refractivity contribution in [3.8, 4) is 0 Å². The van der Waals surface area contributed by atoms with Gasteiger partial charge in [0.25, 0.3) is 0 Å². The van der Waals surface area contributed by atoms with Crippen molar-refractivity contribution in [1.82, 2.24) is 25.5 Å². The highest BCUT2D eigenvalue weighted by molar-refractivity contribution is 7.99. The van der Waals surface area contributed by atoms with Gasteiger partial charge in [0.15, 0.2) is 0 Å². The van der Waals surface area contributed by atoms with Crippen LogP contribution in [-0.2, 0) is 16.6 Å². The third kappa shape index (κ3) is 4.31. The average molecular weight is 259 g/mol. The Morgan fingerprint density at radius 2 is 2.41 bits per heavy atom. The maximum absolute atomic E-state index is 11.5. The first-order valence-corrected chi connectivity index (χ1v) is 6.36. The fraction of sp³-hybridized carbons (Fsp3) is 0.778. The number of carbonyl (C=O) groups excluding carboxylic acids is 1. The largest absolute Gasteiger partial charge is 0.465 e. The number of ether oxygens (including phenoxy) is 1. The van der Waals surface area contributed by atoms with Crippen LogP contribution in [0.1, 0.15) is 13.3 Å². The molecule has 1 unspecified atom stereocenters. The van der Waals surface area contributed by atoms with E-state index in [0.717, 1.165) is 10.9 Å². The first kappa shape index (κ1) is 13.9. The molecule has 0 spiro atoms. The second-order valence-corrected chi connectivity index (χ2v) is 4.38. The molecular weight excluding hydrogens is 242 g/mol. The molecule has 0 radical (unpaired) electrons. The third-order valence-electron chi connectivity index (χ3n) is 2.14. The molecule has 1 aromatic rings. The van der Waals surface area contributed by atoms with Crippen LogP contribution in [0.15, 0.2) is 5.16 Å². The van der Waals surface area contributed by atoms with Gasteiger partial charge in [-0.05, 0) is 30.8 Å². The van der Waals surface area contributed by atoms with Crippen LogP contribution in [0.25, 0.3) is 0 Å². The van der Waals surface area contributed by atoms with Gasteiger partial charge < -0.3 is 10.1 Å². The van der Waals surface area contributed by atoms with Gasteiger partial charge in [-0.25, -0.2) is 4.68 Å². The number of likely N-dealkylation sites (N-methyl/N-ethyl adjacent to an activating group) is 1. The minimum absolute atomic E-state index is 0.216. The van der Waals surface area contributed by atoms with E-state index in [2.05, 4.69) is 20.8 Å². The number of carbonyl (C=O) groups is 1. The number of nitrogens with zero attached hydrogens (tertiary/aromatic N) is 4. The first-order valence-electron chi connectivity index (χ1n) is 5.38. The minimum Gasteiger partial charge on any atom is -0.465 e. The molecule has 0 saturated heterocycles. The summed E-state index contributed by atoms with van der Waals surface area (Å²) in [7, 11) is 3.53. The van der Waals surface area contributed by atoms with Crippen LogP contribution >= 0.6 is 11.8 Å². The van der Waals surface area contributed by atoms with E-state index in [0.29, 0.717) is 13.0 Å². The van der Waals surface area contributed by atoms with Gasteiger partial charge in [0.1, 0.15) is 6.04 Å². The standard InChI is InChI=1S/C9H17N5O2S/c1-4-16-8(15)7(10-2)5-6-17-9-11-12-13-14(9)3/h7,10H,4-6H2,1-3H3. The number of nitrogens with one attached hydrogen (secondary N) is 1. The summed E-state index contributed by atoms with van der Waals surface area (Å²) in [6.45, 7) is 2.20. The van der Waals surface area contributed by atoms with Crippen molar-refractivity contribution in [2.24, 2.45) is 7.05 Å². The van der Waals surface area contributed by atoms with Crippen LogP contribution in [0.3, 0.4) is 0 Å². The van der Waals surface area contributed by atoms with Crippen LogP contribution in [0.4, 0.5) is 0 Å². The maximum Gasteiger partial charge on any atom is 0.323 e. The van der Waals surface area contributed by atoms with Crippen LogP contribution in [0, 0.1) is 0 Å². The molecule has 0 fully saturated rings. The molecule has 1 rings (SSSR count). The van der Waals surface area contributed by atoms with Crippen molar-refractivity contribution in [1.29, 1.82) is 0 Å². The monoisotopic (exact) mass is 259 g/mol. The molecule has 17 heavy (non-hydrogen) atoms. The van der Waals surface area contributed by atoms with E-state index in [-0.39, 0.29) is 12.0 Å². The average Bonchev–Trinajstić information content (AvgIpc) is 2.71.